The molecule has 1 heterocycles. The van der Waals surface area contributed by atoms with Crippen LogP contribution in [-0.4, -0.2) is 37.0 Å². The smallest absolute Gasteiger partial charge is 0.225 e. The topological polar surface area (TPSA) is 32.3 Å². The van der Waals surface area contributed by atoms with Crippen LogP contribution in [-0.2, 0) is 4.79 Å². The minimum absolute atomic E-state index is 0.323. The van der Waals surface area contributed by atoms with Crippen LogP contribution >= 0.6 is 0 Å². The molecule has 2 aliphatic rings. The molecule has 0 aromatic heterocycles. The Morgan fingerprint density at radius 1 is 1.27 bits per heavy atom. The maximum Gasteiger partial charge on any atom is 0.225 e. The molecule has 1 N–H and O–H groups in total. The molecule has 1 saturated heterocycles. The quantitative estimate of drug-likeness (QED) is 0.763. The number of nitrogens with zero attached hydrogens (tertiary/aromatic N) is 1. The lowest BCUT2D eigenvalue weighted by Crippen LogP contribution is -2.51. The van der Waals surface area contributed by atoms with Gasteiger partial charge in [-0.25, -0.2) is 0 Å². The number of carbonyl (C=O) groups is 1. The number of likely N-dealkylation sites (N-methyl/N-ethyl adjacent to an activating group) is 1. The monoisotopic (exact) mass is 210 g/mol. The predicted molar refractivity (Wildman–Crippen MR) is 60.6 cm³/mol. The molecule has 86 valence electrons. The number of carbonyl (C=O) groups excluding carboxylic acids is 1. The Balaban J connectivity index is 1.77. The highest BCUT2D eigenvalue weighted by Crippen LogP contribution is 2.25. The van der Waals surface area contributed by atoms with Gasteiger partial charge in [-0.2, -0.15) is 0 Å². The van der Waals surface area contributed by atoms with E-state index in [0.717, 1.165) is 25.9 Å². The van der Waals surface area contributed by atoms with E-state index in [1.807, 2.05) is 11.9 Å². The molecule has 0 aromatic carbocycles. The molecule has 15 heavy (non-hydrogen) atoms. The largest absolute Gasteiger partial charge is 0.344 e. The maximum atomic E-state index is 12.1. The summed E-state index contributed by atoms with van der Waals surface area (Å²) in [6.45, 7) is 2.02. The lowest BCUT2D eigenvalue weighted by atomic mass is 9.88. The number of nitrogens with one attached hydrogen (secondary N) is 1. The van der Waals surface area contributed by atoms with Gasteiger partial charge in [-0.1, -0.05) is 19.3 Å². The fourth-order valence-corrected chi connectivity index (χ4v) is 2.59. The second-order valence-corrected chi connectivity index (χ2v) is 4.99. The zero-order valence-electron chi connectivity index (χ0n) is 9.67. The summed E-state index contributed by atoms with van der Waals surface area (Å²) in [6, 6.07) is 0.558. The summed E-state index contributed by atoms with van der Waals surface area (Å²) in [7, 11) is 1.96. The van der Waals surface area contributed by atoms with Gasteiger partial charge >= 0.3 is 0 Å². The van der Waals surface area contributed by atoms with E-state index in [0.29, 0.717) is 17.9 Å². The number of hydrogen-bond acceptors (Lipinski definition) is 2. The molecule has 0 aromatic rings. The molecule has 1 aliphatic carbocycles. The predicted octanol–water partition coefficient (Wildman–Crippen LogP) is 1.39. The highest BCUT2D eigenvalue weighted by atomic mass is 16.2. The van der Waals surface area contributed by atoms with Gasteiger partial charge in [0.2, 0.25) is 5.91 Å². The molecule has 2 fully saturated rings. The van der Waals surface area contributed by atoms with E-state index in [1.54, 1.807) is 0 Å². The van der Waals surface area contributed by atoms with Gasteiger partial charge in [0.25, 0.3) is 0 Å². The minimum Gasteiger partial charge on any atom is -0.344 e. The minimum atomic E-state index is 0.323. The molecule has 0 bridgehead atoms. The van der Waals surface area contributed by atoms with Gasteiger partial charge < -0.3 is 10.2 Å². The zero-order valence-corrected chi connectivity index (χ0v) is 9.67. The van der Waals surface area contributed by atoms with Crippen LogP contribution in [0.5, 0.6) is 0 Å². The second-order valence-electron chi connectivity index (χ2n) is 4.99. The van der Waals surface area contributed by atoms with Crippen molar-refractivity contribution in [3.8, 4) is 0 Å². The molecule has 1 atom stereocenters. The first-order valence-electron chi connectivity index (χ1n) is 6.26. The van der Waals surface area contributed by atoms with Crippen LogP contribution < -0.4 is 5.32 Å². The highest BCUT2D eigenvalue weighted by Gasteiger charge is 2.26. The summed E-state index contributed by atoms with van der Waals surface area (Å²) in [5.41, 5.74) is 0. The molecule has 2 rings (SSSR count). The maximum absolute atomic E-state index is 12.1. The van der Waals surface area contributed by atoms with Crippen molar-refractivity contribution in [1.29, 1.82) is 0 Å². The summed E-state index contributed by atoms with van der Waals surface area (Å²) in [4.78, 5) is 14.0. The normalized spacial score (nSPS) is 27.1. The molecule has 3 heteroatoms. The van der Waals surface area contributed by atoms with Crippen LogP contribution in [0, 0.1) is 5.92 Å². The van der Waals surface area contributed by atoms with Gasteiger partial charge in [-0.15, -0.1) is 0 Å². The van der Waals surface area contributed by atoms with Gasteiger partial charge in [0.05, 0.1) is 0 Å². The summed E-state index contributed by atoms with van der Waals surface area (Å²) < 4.78 is 0. The lowest BCUT2D eigenvalue weighted by molar-refractivity contribution is -0.135. The van der Waals surface area contributed by atoms with Gasteiger partial charge in [0.1, 0.15) is 0 Å². The van der Waals surface area contributed by atoms with Crippen LogP contribution in [0.15, 0.2) is 0 Å². The number of hydrogen-bond donors (Lipinski definition) is 1. The van der Waals surface area contributed by atoms with Gasteiger partial charge in [0, 0.05) is 25.6 Å². The van der Waals surface area contributed by atoms with Crippen molar-refractivity contribution in [2.75, 3.05) is 20.1 Å². The van der Waals surface area contributed by atoms with Crippen LogP contribution in [0.2, 0.25) is 0 Å². The Labute approximate surface area is 92.2 Å². The van der Waals surface area contributed by atoms with Crippen molar-refractivity contribution in [2.24, 2.45) is 5.92 Å². The van der Waals surface area contributed by atoms with Crippen molar-refractivity contribution in [2.45, 2.75) is 44.6 Å². The Morgan fingerprint density at radius 3 is 2.47 bits per heavy atom. The van der Waals surface area contributed by atoms with Crippen LogP contribution in [0.3, 0.4) is 0 Å². The van der Waals surface area contributed by atoms with Crippen LogP contribution in [0.4, 0.5) is 0 Å². The zero-order chi connectivity index (χ0) is 10.7. The molecule has 3 nitrogen and oxygen atoms in total. The lowest BCUT2D eigenvalue weighted by Gasteiger charge is -2.34. The summed E-state index contributed by atoms with van der Waals surface area (Å²) in [5.74, 6) is 0.701. The third-order valence-corrected chi connectivity index (χ3v) is 3.75. The Kier molecular flexibility index (Phi) is 3.62. The van der Waals surface area contributed by atoms with Crippen molar-refractivity contribution in [1.82, 2.24) is 10.2 Å². The van der Waals surface area contributed by atoms with Gasteiger partial charge in [-0.05, 0) is 25.8 Å². The first kappa shape index (κ1) is 10.9. The third-order valence-electron chi connectivity index (χ3n) is 3.75. The molecular weight excluding hydrogens is 188 g/mol. The first-order chi connectivity index (χ1) is 7.27. The van der Waals surface area contributed by atoms with Crippen LogP contribution in [0.1, 0.15) is 38.5 Å². The average Bonchev–Trinajstić information content (AvgIpc) is 2.23. The Hall–Kier alpha value is -0.570. The standard InChI is InChI=1S/C12H22N2O/c1-14(9-11-7-8-13-11)12(15)10-5-3-2-4-6-10/h10-11,13H,2-9H2,1H3. The van der Waals surface area contributed by atoms with E-state index in [4.69, 9.17) is 0 Å². The summed E-state index contributed by atoms with van der Waals surface area (Å²) in [6.07, 6.45) is 7.25. The van der Waals surface area contributed by atoms with Crippen molar-refractivity contribution < 1.29 is 4.79 Å². The molecule has 0 spiro atoms. The SMILES string of the molecule is CN(CC1CCN1)C(=O)C1CCCCC1. The Bertz CT molecular complexity index is 220. The number of rotatable bonds is 3. The van der Waals surface area contributed by atoms with E-state index in [2.05, 4.69) is 5.32 Å². The van der Waals surface area contributed by atoms with Crippen molar-refractivity contribution >= 4 is 5.91 Å². The first-order valence-corrected chi connectivity index (χ1v) is 6.26. The molecule has 1 amide bonds. The van der Waals surface area contributed by atoms with Crippen LogP contribution in [0.25, 0.3) is 0 Å². The van der Waals surface area contributed by atoms with Gasteiger partial charge in [0.15, 0.2) is 0 Å². The number of amides is 1. The van der Waals surface area contributed by atoms with E-state index in [9.17, 15) is 4.79 Å². The summed E-state index contributed by atoms with van der Waals surface area (Å²) in [5, 5.41) is 3.34. The third kappa shape index (κ3) is 2.71. The average molecular weight is 210 g/mol. The fourth-order valence-electron chi connectivity index (χ4n) is 2.59. The molecule has 1 unspecified atom stereocenters. The van der Waals surface area contributed by atoms with E-state index in [1.165, 1.54) is 25.7 Å². The molecule has 1 saturated carbocycles. The van der Waals surface area contributed by atoms with E-state index < -0.39 is 0 Å². The Morgan fingerprint density at radius 2 is 1.93 bits per heavy atom. The second kappa shape index (κ2) is 4.97. The molecule has 0 radical (unpaired) electrons. The highest BCUT2D eigenvalue weighted by molar-refractivity contribution is 5.78. The van der Waals surface area contributed by atoms with Crippen molar-refractivity contribution in [3.05, 3.63) is 0 Å². The summed E-state index contributed by atoms with van der Waals surface area (Å²) >= 11 is 0. The van der Waals surface area contributed by atoms with E-state index >= 15 is 0 Å². The van der Waals surface area contributed by atoms with Gasteiger partial charge in [-0.3, -0.25) is 4.79 Å². The fraction of sp³-hybridized carbons (Fsp3) is 0.917. The molecule has 1 aliphatic heterocycles. The van der Waals surface area contributed by atoms with E-state index in [-0.39, 0.29) is 0 Å². The molecular formula is C12H22N2O. The van der Waals surface area contributed by atoms with Crippen molar-refractivity contribution in [3.63, 3.8) is 0 Å².